The van der Waals surface area contributed by atoms with E-state index in [1.165, 1.54) is 37.9 Å². The van der Waals surface area contributed by atoms with E-state index in [4.69, 9.17) is 5.73 Å². The van der Waals surface area contributed by atoms with Crippen LogP contribution in [0.3, 0.4) is 0 Å². The third-order valence-corrected chi connectivity index (χ3v) is 6.17. The molecule has 0 saturated heterocycles. The normalized spacial score (nSPS) is 12.8. The lowest BCUT2D eigenvalue weighted by Gasteiger charge is -2.16. The predicted octanol–water partition coefficient (Wildman–Crippen LogP) is 3.92. The van der Waals surface area contributed by atoms with Gasteiger partial charge in [-0.05, 0) is 33.9 Å². The van der Waals surface area contributed by atoms with Crippen molar-refractivity contribution in [2.75, 3.05) is 31.8 Å². The molecule has 1 aliphatic carbocycles. The molecule has 0 unspecified atom stereocenters. The molecule has 4 nitrogen and oxygen atoms in total. The van der Waals surface area contributed by atoms with Crippen LogP contribution in [-0.2, 0) is 13.0 Å². The van der Waals surface area contributed by atoms with Crippen LogP contribution in [0.5, 0.6) is 0 Å². The highest BCUT2D eigenvalue weighted by Gasteiger charge is 2.25. The van der Waals surface area contributed by atoms with Gasteiger partial charge in [0.2, 0.25) is 0 Å². The van der Waals surface area contributed by atoms with Crippen LogP contribution < -0.4 is 21.7 Å². The Bertz CT molecular complexity index is 1020. The van der Waals surface area contributed by atoms with Gasteiger partial charge in [-0.1, -0.05) is 24.3 Å². The molecular formula is C21H23N4S. The van der Waals surface area contributed by atoms with E-state index < -0.39 is 0 Å². The summed E-state index contributed by atoms with van der Waals surface area (Å²) >= 11 is 1.77. The van der Waals surface area contributed by atoms with E-state index in [1.54, 1.807) is 11.3 Å². The summed E-state index contributed by atoms with van der Waals surface area (Å²) in [5.41, 5.74) is 14.5. The van der Waals surface area contributed by atoms with E-state index in [9.17, 15) is 0 Å². The SMILES string of the molecule is CNC1=[C]c2cc3sc(NC)c(NC)c3c(-c3ccccc3CN)c2C1. The van der Waals surface area contributed by atoms with E-state index in [2.05, 4.69) is 52.4 Å². The molecule has 26 heavy (non-hydrogen) atoms. The molecule has 133 valence electrons. The molecule has 1 aliphatic rings. The number of benzene rings is 2. The summed E-state index contributed by atoms with van der Waals surface area (Å²) in [6.07, 6.45) is 4.39. The molecule has 1 aromatic heterocycles. The second kappa shape index (κ2) is 6.67. The van der Waals surface area contributed by atoms with Crippen molar-refractivity contribution in [1.29, 1.82) is 0 Å². The molecule has 0 fully saturated rings. The molecule has 0 amide bonds. The van der Waals surface area contributed by atoms with Gasteiger partial charge in [-0.15, -0.1) is 11.3 Å². The van der Waals surface area contributed by atoms with Gasteiger partial charge in [0.1, 0.15) is 5.00 Å². The van der Waals surface area contributed by atoms with Crippen LogP contribution in [0.4, 0.5) is 10.7 Å². The van der Waals surface area contributed by atoms with Crippen molar-refractivity contribution in [3.63, 3.8) is 0 Å². The zero-order chi connectivity index (χ0) is 18.3. The summed E-state index contributed by atoms with van der Waals surface area (Å²) in [6.45, 7) is 0.523. The molecule has 3 aromatic rings. The molecular weight excluding hydrogens is 340 g/mol. The van der Waals surface area contributed by atoms with Gasteiger partial charge in [-0.2, -0.15) is 0 Å². The van der Waals surface area contributed by atoms with Crippen molar-refractivity contribution in [1.82, 2.24) is 5.32 Å². The molecule has 0 saturated carbocycles. The number of likely N-dealkylation sites (N-methyl/N-ethyl adjacent to an activating group) is 1. The van der Waals surface area contributed by atoms with Gasteiger partial charge in [0.15, 0.2) is 0 Å². The summed E-state index contributed by atoms with van der Waals surface area (Å²) in [7, 11) is 5.91. The lowest BCUT2D eigenvalue weighted by Crippen LogP contribution is -2.06. The number of allylic oxidation sites excluding steroid dienone is 1. The smallest absolute Gasteiger partial charge is 0.113 e. The summed E-state index contributed by atoms with van der Waals surface area (Å²) in [4.78, 5) is 0. The van der Waals surface area contributed by atoms with Crippen molar-refractivity contribution in [2.45, 2.75) is 13.0 Å². The summed E-state index contributed by atoms with van der Waals surface area (Å²) in [6, 6.07) is 10.7. The molecule has 0 aliphatic heterocycles. The van der Waals surface area contributed by atoms with Gasteiger partial charge in [0.25, 0.3) is 0 Å². The summed E-state index contributed by atoms with van der Waals surface area (Å²) in [5, 5.41) is 12.4. The van der Waals surface area contributed by atoms with Crippen molar-refractivity contribution < 1.29 is 0 Å². The largest absolute Gasteiger partial charge is 0.391 e. The van der Waals surface area contributed by atoms with Crippen molar-refractivity contribution >= 4 is 32.1 Å². The first-order chi connectivity index (χ1) is 12.7. The quantitative estimate of drug-likeness (QED) is 0.555. The van der Waals surface area contributed by atoms with Crippen LogP contribution in [0.2, 0.25) is 0 Å². The predicted molar refractivity (Wildman–Crippen MR) is 113 cm³/mol. The number of fused-ring (bicyclic) bond motifs is 2. The highest BCUT2D eigenvalue weighted by Crippen LogP contribution is 2.49. The lowest BCUT2D eigenvalue weighted by molar-refractivity contribution is 0.938. The first-order valence-corrected chi connectivity index (χ1v) is 9.60. The standard InChI is InChI=1S/C21H23N4S/c1-23-14-8-13-9-17-19(20(24-2)21(25-3)26-17)18(16(13)10-14)15-7-5-4-6-12(15)11-22/h4-7,9,23-25H,10-11,22H2,1-3H3. The van der Waals surface area contributed by atoms with E-state index in [0.29, 0.717) is 6.54 Å². The van der Waals surface area contributed by atoms with E-state index in [-0.39, 0.29) is 0 Å². The van der Waals surface area contributed by atoms with Gasteiger partial charge < -0.3 is 21.7 Å². The Kier molecular flexibility index (Phi) is 4.34. The van der Waals surface area contributed by atoms with Gasteiger partial charge in [-0.3, -0.25) is 0 Å². The van der Waals surface area contributed by atoms with Crippen molar-refractivity contribution in [3.05, 3.63) is 58.8 Å². The Morgan fingerprint density at radius 3 is 2.62 bits per heavy atom. The van der Waals surface area contributed by atoms with Gasteiger partial charge >= 0.3 is 0 Å². The minimum atomic E-state index is 0.523. The number of nitrogens with two attached hydrogens (primary N) is 1. The number of thiophene rings is 1. The second-order valence-electron chi connectivity index (χ2n) is 6.35. The molecule has 1 heterocycles. The lowest BCUT2D eigenvalue weighted by atomic mass is 9.89. The maximum Gasteiger partial charge on any atom is 0.113 e. The number of hydrogen-bond acceptors (Lipinski definition) is 5. The van der Waals surface area contributed by atoms with E-state index >= 15 is 0 Å². The van der Waals surface area contributed by atoms with Crippen LogP contribution >= 0.6 is 11.3 Å². The average Bonchev–Trinajstić information content (AvgIpc) is 3.25. The monoisotopic (exact) mass is 363 g/mol. The van der Waals surface area contributed by atoms with Gasteiger partial charge in [-0.25, -0.2) is 0 Å². The number of anilines is 2. The molecule has 1 radical (unpaired) electrons. The molecule has 5 N–H and O–H groups in total. The maximum absolute atomic E-state index is 6.07. The zero-order valence-electron chi connectivity index (χ0n) is 15.3. The minimum Gasteiger partial charge on any atom is -0.391 e. The Hall–Kier alpha value is -2.50. The summed E-state index contributed by atoms with van der Waals surface area (Å²) in [5.74, 6) is 0. The Morgan fingerprint density at radius 2 is 1.92 bits per heavy atom. The fraction of sp³-hybridized carbons (Fsp3) is 0.238. The van der Waals surface area contributed by atoms with Gasteiger partial charge in [0.05, 0.1) is 5.69 Å². The van der Waals surface area contributed by atoms with Crippen LogP contribution in [0, 0.1) is 6.08 Å². The van der Waals surface area contributed by atoms with E-state index in [0.717, 1.165) is 22.8 Å². The third kappa shape index (κ3) is 2.47. The van der Waals surface area contributed by atoms with Crippen LogP contribution in [-0.4, -0.2) is 21.1 Å². The van der Waals surface area contributed by atoms with Crippen LogP contribution in [0.25, 0.3) is 21.2 Å². The Balaban J connectivity index is 2.12. The number of hydrogen-bond donors (Lipinski definition) is 4. The first-order valence-electron chi connectivity index (χ1n) is 8.78. The minimum absolute atomic E-state index is 0.523. The number of rotatable bonds is 5. The molecule has 2 aromatic carbocycles. The number of nitrogens with one attached hydrogen (secondary N) is 3. The molecule has 0 atom stereocenters. The highest BCUT2D eigenvalue weighted by molar-refractivity contribution is 7.23. The second-order valence-corrected chi connectivity index (χ2v) is 7.40. The molecule has 5 heteroatoms. The maximum atomic E-state index is 6.07. The Morgan fingerprint density at radius 1 is 1.12 bits per heavy atom. The summed E-state index contributed by atoms with van der Waals surface area (Å²) < 4.78 is 1.25. The third-order valence-electron chi connectivity index (χ3n) is 5.01. The fourth-order valence-corrected chi connectivity index (χ4v) is 4.90. The molecule has 0 bridgehead atoms. The topological polar surface area (TPSA) is 62.1 Å². The van der Waals surface area contributed by atoms with Gasteiger partial charge in [0, 0.05) is 56.0 Å². The first kappa shape index (κ1) is 16.9. The average molecular weight is 364 g/mol. The molecule has 0 spiro atoms. The zero-order valence-corrected chi connectivity index (χ0v) is 16.1. The Labute approximate surface area is 158 Å². The van der Waals surface area contributed by atoms with Crippen LogP contribution in [0.15, 0.2) is 36.0 Å². The van der Waals surface area contributed by atoms with Crippen molar-refractivity contribution in [3.8, 4) is 11.1 Å². The van der Waals surface area contributed by atoms with Crippen LogP contribution in [0.1, 0.15) is 16.7 Å². The van der Waals surface area contributed by atoms with Crippen molar-refractivity contribution in [2.24, 2.45) is 5.73 Å². The fourth-order valence-electron chi connectivity index (χ4n) is 3.79. The highest BCUT2D eigenvalue weighted by atomic mass is 32.1. The van der Waals surface area contributed by atoms with E-state index in [1.807, 2.05) is 21.1 Å². The molecule has 4 rings (SSSR count).